The summed E-state index contributed by atoms with van der Waals surface area (Å²) in [7, 11) is 5.38. The Morgan fingerprint density at radius 1 is 1.33 bits per heavy atom. The smallest absolute Gasteiger partial charge is 0.193 e. The summed E-state index contributed by atoms with van der Waals surface area (Å²) in [6.07, 6.45) is -0.106. The number of rotatable bonds is 8. The highest BCUT2D eigenvalue weighted by Gasteiger charge is 2.13. The fourth-order valence-corrected chi connectivity index (χ4v) is 3.25. The molecule has 0 aliphatic carbocycles. The molecule has 2 rings (SSSR count). The fraction of sp³-hybridized carbons (Fsp3) is 0.474. The lowest BCUT2D eigenvalue weighted by atomic mass is 10.3. The van der Waals surface area contributed by atoms with E-state index in [0.29, 0.717) is 18.8 Å². The summed E-state index contributed by atoms with van der Waals surface area (Å²) in [6.45, 7) is 5.13. The van der Waals surface area contributed by atoms with Gasteiger partial charge in [0.2, 0.25) is 0 Å². The first-order chi connectivity index (χ1) is 12.9. The minimum absolute atomic E-state index is 0.00375. The first-order valence-corrected chi connectivity index (χ1v) is 9.62. The normalized spacial score (nSPS) is 13.9. The molecule has 2 aromatic rings. The van der Waals surface area contributed by atoms with Crippen LogP contribution in [0, 0.1) is 5.82 Å². The third-order valence-electron chi connectivity index (χ3n) is 3.94. The second-order valence-electron chi connectivity index (χ2n) is 6.22. The van der Waals surface area contributed by atoms with Crippen molar-refractivity contribution in [3.8, 4) is 5.75 Å². The number of methoxy groups -OCH3 is 1. The molecule has 0 saturated heterocycles. The molecular formula is C19H27FN4O2S. The van der Waals surface area contributed by atoms with E-state index in [4.69, 9.17) is 9.47 Å². The first-order valence-electron chi connectivity index (χ1n) is 8.74. The number of benzene rings is 1. The highest BCUT2D eigenvalue weighted by atomic mass is 32.1. The SMILES string of the molecule is CN=C(NCC(C)Oc1ccc(F)cc1)N(C)Cc1csc(C(C)OC)n1. The van der Waals surface area contributed by atoms with E-state index >= 15 is 0 Å². The van der Waals surface area contributed by atoms with Crippen molar-refractivity contribution in [1.82, 2.24) is 15.2 Å². The molecule has 1 aromatic heterocycles. The summed E-state index contributed by atoms with van der Waals surface area (Å²) in [6, 6.07) is 6.00. The van der Waals surface area contributed by atoms with Crippen LogP contribution >= 0.6 is 11.3 Å². The molecule has 0 spiro atoms. The van der Waals surface area contributed by atoms with Crippen LogP contribution in [-0.2, 0) is 11.3 Å². The molecule has 1 heterocycles. The lowest BCUT2D eigenvalue weighted by Gasteiger charge is -2.23. The summed E-state index contributed by atoms with van der Waals surface area (Å²) in [5.41, 5.74) is 0.972. The van der Waals surface area contributed by atoms with Gasteiger partial charge in [0.25, 0.3) is 0 Å². The number of nitrogens with one attached hydrogen (secondary N) is 1. The fourth-order valence-electron chi connectivity index (χ4n) is 2.41. The maximum absolute atomic E-state index is 13.0. The number of guanidine groups is 1. The third kappa shape index (κ3) is 6.48. The Kier molecular flexibility index (Phi) is 7.99. The zero-order valence-electron chi connectivity index (χ0n) is 16.4. The van der Waals surface area contributed by atoms with Crippen LogP contribution in [0.4, 0.5) is 4.39 Å². The Morgan fingerprint density at radius 3 is 2.67 bits per heavy atom. The van der Waals surface area contributed by atoms with Gasteiger partial charge < -0.3 is 19.7 Å². The van der Waals surface area contributed by atoms with Gasteiger partial charge in [0.1, 0.15) is 28.8 Å². The molecule has 2 atom stereocenters. The van der Waals surface area contributed by atoms with Crippen molar-refractivity contribution in [2.24, 2.45) is 4.99 Å². The Morgan fingerprint density at radius 2 is 2.04 bits per heavy atom. The first kappa shape index (κ1) is 21.1. The second-order valence-corrected chi connectivity index (χ2v) is 7.11. The molecule has 1 aromatic carbocycles. The van der Waals surface area contributed by atoms with E-state index in [1.54, 1.807) is 37.6 Å². The average Bonchev–Trinajstić information content (AvgIpc) is 3.12. The number of thiazole rings is 1. The van der Waals surface area contributed by atoms with Gasteiger partial charge in [-0.05, 0) is 38.1 Å². The van der Waals surface area contributed by atoms with Crippen molar-refractivity contribution < 1.29 is 13.9 Å². The molecule has 0 aliphatic heterocycles. The predicted molar refractivity (Wildman–Crippen MR) is 107 cm³/mol. The summed E-state index contributed by atoms with van der Waals surface area (Å²) >= 11 is 1.59. The Labute approximate surface area is 164 Å². The Balaban J connectivity index is 1.84. The van der Waals surface area contributed by atoms with Gasteiger partial charge in [0, 0.05) is 26.6 Å². The highest BCUT2D eigenvalue weighted by molar-refractivity contribution is 7.09. The van der Waals surface area contributed by atoms with Crippen LogP contribution in [0.15, 0.2) is 34.6 Å². The Bertz CT molecular complexity index is 736. The average molecular weight is 395 g/mol. The molecular weight excluding hydrogens is 367 g/mol. The molecule has 148 valence electrons. The largest absolute Gasteiger partial charge is 0.489 e. The standard InChI is InChI=1S/C19H27FN4O2S/c1-13(26-17-8-6-15(20)7-9-17)10-22-19(21-3)24(4)11-16-12-27-18(23-16)14(2)25-5/h6-9,12-14H,10-11H2,1-5H3,(H,21,22). The van der Waals surface area contributed by atoms with Crippen LogP contribution < -0.4 is 10.1 Å². The monoisotopic (exact) mass is 394 g/mol. The molecule has 27 heavy (non-hydrogen) atoms. The van der Waals surface area contributed by atoms with Crippen LogP contribution in [0.5, 0.6) is 5.75 Å². The molecule has 0 saturated carbocycles. The summed E-state index contributed by atoms with van der Waals surface area (Å²) in [5, 5.41) is 6.29. The van der Waals surface area contributed by atoms with E-state index in [-0.39, 0.29) is 18.0 Å². The van der Waals surface area contributed by atoms with Gasteiger partial charge in [-0.3, -0.25) is 4.99 Å². The molecule has 1 N–H and O–H groups in total. The van der Waals surface area contributed by atoms with Gasteiger partial charge in [0.05, 0.1) is 18.8 Å². The lowest BCUT2D eigenvalue weighted by Crippen LogP contribution is -2.42. The number of hydrogen-bond acceptors (Lipinski definition) is 5. The van der Waals surface area contributed by atoms with Gasteiger partial charge in [-0.15, -0.1) is 11.3 Å². The van der Waals surface area contributed by atoms with E-state index in [2.05, 4.69) is 15.3 Å². The number of hydrogen-bond donors (Lipinski definition) is 1. The van der Waals surface area contributed by atoms with E-state index < -0.39 is 0 Å². The Hall–Kier alpha value is -2.19. The van der Waals surface area contributed by atoms with Gasteiger partial charge >= 0.3 is 0 Å². The van der Waals surface area contributed by atoms with Crippen molar-refractivity contribution >= 4 is 17.3 Å². The predicted octanol–water partition coefficient (Wildman–Crippen LogP) is 3.46. The van der Waals surface area contributed by atoms with Crippen molar-refractivity contribution in [3.05, 3.63) is 46.2 Å². The van der Waals surface area contributed by atoms with Gasteiger partial charge in [-0.25, -0.2) is 9.37 Å². The van der Waals surface area contributed by atoms with Gasteiger partial charge in [-0.2, -0.15) is 0 Å². The summed E-state index contributed by atoms with van der Waals surface area (Å²) < 4.78 is 24.0. The van der Waals surface area contributed by atoms with Crippen LogP contribution in [-0.4, -0.2) is 49.7 Å². The quantitative estimate of drug-likeness (QED) is 0.549. The van der Waals surface area contributed by atoms with E-state index in [1.165, 1.54) is 12.1 Å². The number of halogens is 1. The highest BCUT2D eigenvalue weighted by Crippen LogP contribution is 2.21. The zero-order chi connectivity index (χ0) is 19.8. The molecule has 6 nitrogen and oxygen atoms in total. The lowest BCUT2D eigenvalue weighted by molar-refractivity contribution is 0.119. The minimum atomic E-state index is -0.278. The number of aromatic nitrogens is 1. The van der Waals surface area contributed by atoms with Crippen molar-refractivity contribution in [2.45, 2.75) is 32.6 Å². The molecule has 0 fully saturated rings. The van der Waals surface area contributed by atoms with E-state index in [0.717, 1.165) is 16.7 Å². The van der Waals surface area contributed by atoms with Crippen molar-refractivity contribution in [1.29, 1.82) is 0 Å². The van der Waals surface area contributed by atoms with Crippen LogP contribution in [0.25, 0.3) is 0 Å². The molecule has 2 unspecified atom stereocenters. The molecule has 8 heteroatoms. The van der Waals surface area contributed by atoms with E-state index in [1.807, 2.05) is 31.2 Å². The van der Waals surface area contributed by atoms with Gasteiger partial charge in [0.15, 0.2) is 5.96 Å². The molecule has 0 bridgehead atoms. The molecule has 0 amide bonds. The zero-order valence-corrected chi connectivity index (χ0v) is 17.2. The van der Waals surface area contributed by atoms with Gasteiger partial charge in [-0.1, -0.05) is 0 Å². The summed E-state index contributed by atoms with van der Waals surface area (Å²) in [4.78, 5) is 10.9. The van der Waals surface area contributed by atoms with Crippen LogP contribution in [0.2, 0.25) is 0 Å². The van der Waals surface area contributed by atoms with Crippen molar-refractivity contribution in [2.75, 3.05) is 27.7 Å². The van der Waals surface area contributed by atoms with Crippen LogP contribution in [0.3, 0.4) is 0 Å². The van der Waals surface area contributed by atoms with Crippen molar-refractivity contribution in [3.63, 3.8) is 0 Å². The van der Waals surface area contributed by atoms with Crippen LogP contribution in [0.1, 0.15) is 30.7 Å². The third-order valence-corrected chi connectivity index (χ3v) is 5.00. The number of nitrogens with zero attached hydrogens (tertiary/aromatic N) is 3. The molecule has 0 radical (unpaired) electrons. The number of aliphatic imine (C=N–C) groups is 1. The molecule has 0 aliphatic rings. The number of ether oxygens (including phenoxy) is 2. The maximum atomic E-state index is 13.0. The second kappa shape index (κ2) is 10.2. The van der Waals surface area contributed by atoms with E-state index in [9.17, 15) is 4.39 Å². The summed E-state index contributed by atoms with van der Waals surface area (Å²) in [5.74, 6) is 1.11. The maximum Gasteiger partial charge on any atom is 0.193 e. The topological polar surface area (TPSA) is 59.0 Å². The minimum Gasteiger partial charge on any atom is -0.489 e.